The number of pyridine rings is 1. The number of aromatic nitrogens is 1. The van der Waals surface area contributed by atoms with Crippen molar-refractivity contribution in [3.8, 4) is 0 Å². The molecule has 0 unspecified atom stereocenters. The Labute approximate surface area is 108 Å². The third-order valence-electron chi connectivity index (χ3n) is 2.33. The van der Waals surface area contributed by atoms with Crippen LogP contribution in [0, 0.1) is 0 Å². The van der Waals surface area contributed by atoms with Crippen molar-refractivity contribution in [3.63, 3.8) is 0 Å². The van der Waals surface area contributed by atoms with Crippen molar-refractivity contribution in [2.75, 3.05) is 26.8 Å². The van der Waals surface area contributed by atoms with Gasteiger partial charge < -0.3 is 15.0 Å². The SMILES string of the molecule is CCN(Cc1ccccn1)C(=S)NCCOC. The summed E-state index contributed by atoms with van der Waals surface area (Å²) in [5.41, 5.74) is 1.02. The molecule has 0 fully saturated rings. The summed E-state index contributed by atoms with van der Waals surface area (Å²) in [6, 6.07) is 5.90. The van der Waals surface area contributed by atoms with Gasteiger partial charge in [-0.05, 0) is 31.3 Å². The number of hydrogen-bond donors (Lipinski definition) is 1. The fourth-order valence-corrected chi connectivity index (χ4v) is 1.68. The molecule has 17 heavy (non-hydrogen) atoms. The first-order valence-corrected chi connectivity index (χ1v) is 6.10. The summed E-state index contributed by atoms with van der Waals surface area (Å²) in [5.74, 6) is 0. The number of nitrogens with zero attached hydrogens (tertiary/aromatic N) is 2. The fourth-order valence-electron chi connectivity index (χ4n) is 1.39. The van der Waals surface area contributed by atoms with Crippen molar-refractivity contribution < 1.29 is 4.74 Å². The summed E-state index contributed by atoms with van der Waals surface area (Å²) < 4.78 is 4.97. The Hall–Kier alpha value is -1.20. The zero-order valence-electron chi connectivity index (χ0n) is 10.3. The summed E-state index contributed by atoms with van der Waals surface area (Å²) >= 11 is 5.32. The molecule has 0 atom stereocenters. The van der Waals surface area contributed by atoms with Gasteiger partial charge in [0.15, 0.2) is 5.11 Å². The van der Waals surface area contributed by atoms with Crippen LogP contribution in [0.25, 0.3) is 0 Å². The Bertz CT molecular complexity index is 332. The summed E-state index contributed by atoms with van der Waals surface area (Å²) in [7, 11) is 1.68. The number of nitrogens with one attached hydrogen (secondary N) is 1. The molecule has 0 spiro atoms. The largest absolute Gasteiger partial charge is 0.383 e. The van der Waals surface area contributed by atoms with Gasteiger partial charge in [0, 0.05) is 26.4 Å². The van der Waals surface area contributed by atoms with E-state index in [2.05, 4.69) is 22.1 Å². The Morgan fingerprint density at radius 1 is 1.53 bits per heavy atom. The van der Waals surface area contributed by atoms with Crippen molar-refractivity contribution in [2.45, 2.75) is 13.5 Å². The van der Waals surface area contributed by atoms with Crippen LogP contribution in [0.2, 0.25) is 0 Å². The van der Waals surface area contributed by atoms with Crippen molar-refractivity contribution in [1.29, 1.82) is 0 Å². The molecular weight excluding hydrogens is 234 g/mol. The van der Waals surface area contributed by atoms with E-state index >= 15 is 0 Å². The number of hydrogen-bond acceptors (Lipinski definition) is 3. The first-order valence-electron chi connectivity index (χ1n) is 5.69. The van der Waals surface area contributed by atoms with Gasteiger partial charge in [-0.15, -0.1) is 0 Å². The molecule has 4 nitrogen and oxygen atoms in total. The van der Waals surface area contributed by atoms with E-state index in [-0.39, 0.29) is 0 Å². The maximum absolute atomic E-state index is 5.32. The van der Waals surface area contributed by atoms with E-state index in [1.54, 1.807) is 13.3 Å². The van der Waals surface area contributed by atoms with Gasteiger partial charge in [0.2, 0.25) is 0 Å². The maximum atomic E-state index is 5.32. The Morgan fingerprint density at radius 3 is 2.94 bits per heavy atom. The van der Waals surface area contributed by atoms with Gasteiger partial charge >= 0.3 is 0 Å². The lowest BCUT2D eigenvalue weighted by molar-refractivity contribution is 0.203. The van der Waals surface area contributed by atoms with E-state index < -0.39 is 0 Å². The van der Waals surface area contributed by atoms with E-state index in [0.29, 0.717) is 6.61 Å². The Balaban J connectivity index is 2.45. The molecule has 1 aromatic heterocycles. The summed E-state index contributed by atoms with van der Waals surface area (Å²) in [6.07, 6.45) is 1.80. The monoisotopic (exact) mass is 253 g/mol. The normalized spacial score (nSPS) is 10.0. The summed E-state index contributed by atoms with van der Waals surface area (Å²) in [6.45, 7) is 5.05. The van der Waals surface area contributed by atoms with Gasteiger partial charge in [-0.1, -0.05) is 6.07 Å². The first-order chi connectivity index (χ1) is 8.27. The second-order valence-corrected chi connectivity index (χ2v) is 3.95. The Kier molecular flexibility index (Phi) is 6.50. The second-order valence-electron chi connectivity index (χ2n) is 3.56. The molecule has 0 amide bonds. The van der Waals surface area contributed by atoms with E-state index in [4.69, 9.17) is 17.0 Å². The summed E-state index contributed by atoms with van der Waals surface area (Å²) in [4.78, 5) is 6.37. The molecule has 1 aromatic rings. The van der Waals surface area contributed by atoms with Gasteiger partial charge in [-0.3, -0.25) is 4.98 Å². The lowest BCUT2D eigenvalue weighted by Gasteiger charge is -2.23. The van der Waals surface area contributed by atoms with Gasteiger partial charge in [0.05, 0.1) is 18.8 Å². The predicted molar refractivity (Wildman–Crippen MR) is 72.8 cm³/mol. The molecule has 0 aliphatic heterocycles. The van der Waals surface area contributed by atoms with Crippen LogP contribution in [0.5, 0.6) is 0 Å². The van der Waals surface area contributed by atoms with Crippen molar-refractivity contribution in [2.24, 2.45) is 0 Å². The molecule has 0 bridgehead atoms. The maximum Gasteiger partial charge on any atom is 0.169 e. The average Bonchev–Trinajstić information content (AvgIpc) is 2.37. The number of rotatable bonds is 6. The standard InChI is InChI=1S/C12H19N3OS/c1-3-15(12(17)14-8-9-16-2)10-11-6-4-5-7-13-11/h4-7H,3,8-10H2,1-2H3,(H,14,17). The van der Waals surface area contributed by atoms with Crippen molar-refractivity contribution in [1.82, 2.24) is 15.2 Å². The lowest BCUT2D eigenvalue weighted by atomic mass is 10.3. The minimum Gasteiger partial charge on any atom is -0.383 e. The highest BCUT2D eigenvalue weighted by Gasteiger charge is 2.07. The second kappa shape index (κ2) is 7.97. The number of methoxy groups -OCH3 is 1. The molecule has 0 radical (unpaired) electrons. The van der Waals surface area contributed by atoms with Gasteiger partial charge in [0.1, 0.15) is 0 Å². The number of thiocarbonyl (C=S) groups is 1. The van der Waals surface area contributed by atoms with Gasteiger partial charge in [0.25, 0.3) is 0 Å². The highest BCUT2D eigenvalue weighted by atomic mass is 32.1. The van der Waals surface area contributed by atoms with E-state index in [1.165, 1.54) is 0 Å². The van der Waals surface area contributed by atoms with Gasteiger partial charge in [-0.25, -0.2) is 0 Å². The third-order valence-corrected chi connectivity index (χ3v) is 2.73. The predicted octanol–water partition coefficient (Wildman–Crippen LogP) is 1.42. The Morgan fingerprint density at radius 2 is 2.35 bits per heavy atom. The molecule has 5 heteroatoms. The lowest BCUT2D eigenvalue weighted by Crippen LogP contribution is -2.40. The van der Waals surface area contributed by atoms with E-state index in [0.717, 1.165) is 30.4 Å². The molecular formula is C12H19N3OS. The smallest absolute Gasteiger partial charge is 0.169 e. The minimum atomic E-state index is 0.654. The van der Waals surface area contributed by atoms with Crippen molar-refractivity contribution >= 4 is 17.3 Å². The molecule has 0 saturated heterocycles. The molecule has 0 aliphatic rings. The number of ether oxygens (including phenoxy) is 1. The fraction of sp³-hybridized carbons (Fsp3) is 0.500. The van der Waals surface area contributed by atoms with Crippen LogP contribution in [-0.2, 0) is 11.3 Å². The first kappa shape index (κ1) is 13.9. The van der Waals surface area contributed by atoms with Gasteiger partial charge in [-0.2, -0.15) is 0 Å². The highest BCUT2D eigenvalue weighted by Crippen LogP contribution is 2.01. The van der Waals surface area contributed by atoms with Crippen LogP contribution < -0.4 is 5.32 Å². The molecule has 1 heterocycles. The quantitative estimate of drug-likeness (QED) is 0.613. The molecule has 0 aromatic carbocycles. The van der Waals surface area contributed by atoms with Crippen LogP contribution in [0.15, 0.2) is 24.4 Å². The van der Waals surface area contributed by atoms with Crippen LogP contribution >= 0.6 is 12.2 Å². The topological polar surface area (TPSA) is 37.4 Å². The molecule has 0 aliphatic carbocycles. The van der Waals surface area contributed by atoms with Crippen LogP contribution in [0.3, 0.4) is 0 Å². The van der Waals surface area contributed by atoms with Crippen LogP contribution in [0.4, 0.5) is 0 Å². The molecule has 1 N–H and O–H groups in total. The summed E-state index contributed by atoms with van der Waals surface area (Å²) in [5, 5.41) is 3.90. The van der Waals surface area contributed by atoms with Crippen LogP contribution in [-0.4, -0.2) is 41.8 Å². The molecule has 0 saturated carbocycles. The van der Waals surface area contributed by atoms with Crippen LogP contribution in [0.1, 0.15) is 12.6 Å². The minimum absolute atomic E-state index is 0.654. The highest BCUT2D eigenvalue weighted by molar-refractivity contribution is 7.80. The van der Waals surface area contributed by atoms with E-state index in [9.17, 15) is 0 Å². The third kappa shape index (κ3) is 5.10. The molecule has 94 valence electrons. The molecule has 1 rings (SSSR count). The average molecular weight is 253 g/mol. The van der Waals surface area contributed by atoms with Crippen molar-refractivity contribution in [3.05, 3.63) is 30.1 Å². The zero-order valence-corrected chi connectivity index (χ0v) is 11.2. The zero-order chi connectivity index (χ0) is 12.5. The van der Waals surface area contributed by atoms with E-state index in [1.807, 2.05) is 18.2 Å².